The standard InChI is InChI=1S/C23H31N3O5S2/c1-4-31-23(28)25-19(12-16(2)3)14-24-22(27)17-6-5-7-20(13-17)33(29,30)26-10-8-21-18(15-26)9-11-32-21/h5-7,9,11,13,16,19H,4,8,10,12,14-15H2,1-3H3,(H,24,27)(H,25,28). The summed E-state index contributed by atoms with van der Waals surface area (Å²) in [6.07, 6.45) is 0.824. The Bertz CT molecular complexity index is 1080. The van der Waals surface area contributed by atoms with E-state index >= 15 is 0 Å². The number of fused-ring (bicyclic) bond motifs is 1. The topological polar surface area (TPSA) is 105 Å². The zero-order valence-electron chi connectivity index (χ0n) is 19.2. The minimum atomic E-state index is -3.72. The molecule has 0 saturated carbocycles. The molecule has 0 bridgehead atoms. The number of benzene rings is 1. The molecule has 33 heavy (non-hydrogen) atoms. The SMILES string of the molecule is CCOC(=O)NC(CNC(=O)c1cccc(S(=O)(=O)N2CCc3sccc3C2)c1)CC(C)C. The van der Waals surface area contributed by atoms with Crippen molar-refractivity contribution in [2.24, 2.45) is 5.92 Å². The third-order valence-corrected chi connectivity index (χ3v) is 8.23. The lowest BCUT2D eigenvalue weighted by atomic mass is 10.0. The number of carbonyl (C=O) groups excluding carboxylic acids is 2. The molecule has 2 heterocycles. The van der Waals surface area contributed by atoms with Crippen LogP contribution in [-0.2, 0) is 27.7 Å². The average molecular weight is 494 g/mol. The van der Waals surface area contributed by atoms with Gasteiger partial charge in [-0.15, -0.1) is 11.3 Å². The lowest BCUT2D eigenvalue weighted by Gasteiger charge is -2.26. The Hall–Kier alpha value is -2.43. The summed E-state index contributed by atoms with van der Waals surface area (Å²) in [7, 11) is -3.72. The second-order valence-electron chi connectivity index (χ2n) is 8.39. The van der Waals surface area contributed by atoms with Crippen molar-refractivity contribution in [3.63, 3.8) is 0 Å². The number of sulfonamides is 1. The number of ether oxygens (including phenoxy) is 1. The molecule has 10 heteroatoms. The van der Waals surface area contributed by atoms with E-state index in [2.05, 4.69) is 10.6 Å². The van der Waals surface area contributed by atoms with Crippen molar-refractivity contribution in [3.05, 3.63) is 51.7 Å². The summed E-state index contributed by atoms with van der Waals surface area (Å²) in [5.41, 5.74) is 1.29. The quantitative estimate of drug-likeness (QED) is 0.557. The zero-order chi connectivity index (χ0) is 24.0. The van der Waals surface area contributed by atoms with E-state index < -0.39 is 22.0 Å². The van der Waals surface area contributed by atoms with Gasteiger partial charge >= 0.3 is 6.09 Å². The van der Waals surface area contributed by atoms with Crippen LogP contribution in [-0.4, -0.2) is 50.5 Å². The fourth-order valence-corrected chi connectivity index (χ4v) is 6.15. The number of carbonyl (C=O) groups is 2. The van der Waals surface area contributed by atoms with Gasteiger partial charge in [0.05, 0.1) is 11.5 Å². The van der Waals surface area contributed by atoms with Crippen molar-refractivity contribution in [1.82, 2.24) is 14.9 Å². The second-order valence-corrected chi connectivity index (χ2v) is 11.3. The molecule has 2 aromatic rings. The van der Waals surface area contributed by atoms with E-state index in [1.54, 1.807) is 30.4 Å². The molecular weight excluding hydrogens is 462 g/mol. The van der Waals surface area contributed by atoms with Crippen molar-refractivity contribution in [1.29, 1.82) is 0 Å². The second kappa shape index (κ2) is 11.1. The molecule has 1 aromatic heterocycles. The molecule has 1 unspecified atom stereocenters. The Morgan fingerprint density at radius 1 is 1.24 bits per heavy atom. The van der Waals surface area contributed by atoms with Crippen LogP contribution in [0.3, 0.4) is 0 Å². The largest absolute Gasteiger partial charge is 0.450 e. The molecule has 2 N–H and O–H groups in total. The predicted octanol–water partition coefficient (Wildman–Crippen LogP) is 3.39. The summed E-state index contributed by atoms with van der Waals surface area (Å²) in [5.74, 6) is -0.0965. The van der Waals surface area contributed by atoms with E-state index in [9.17, 15) is 18.0 Å². The van der Waals surface area contributed by atoms with Crippen LogP contribution in [0, 0.1) is 5.92 Å². The molecule has 0 aliphatic carbocycles. The maximum absolute atomic E-state index is 13.2. The molecule has 0 radical (unpaired) electrons. The predicted molar refractivity (Wildman–Crippen MR) is 128 cm³/mol. The molecule has 8 nitrogen and oxygen atoms in total. The van der Waals surface area contributed by atoms with Crippen LogP contribution >= 0.6 is 11.3 Å². The fraction of sp³-hybridized carbons (Fsp3) is 0.478. The molecule has 0 saturated heterocycles. The smallest absolute Gasteiger partial charge is 0.407 e. The molecule has 0 fully saturated rings. The first kappa shape index (κ1) is 25.2. The zero-order valence-corrected chi connectivity index (χ0v) is 20.8. The Kier molecular flexibility index (Phi) is 8.50. The van der Waals surface area contributed by atoms with Gasteiger partial charge in [0.1, 0.15) is 0 Å². The average Bonchev–Trinajstić information content (AvgIpc) is 3.25. The minimum Gasteiger partial charge on any atom is -0.450 e. The summed E-state index contributed by atoms with van der Waals surface area (Å²) < 4.78 is 32.8. The van der Waals surface area contributed by atoms with Crippen molar-refractivity contribution >= 4 is 33.4 Å². The number of nitrogens with zero attached hydrogens (tertiary/aromatic N) is 1. The van der Waals surface area contributed by atoms with E-state index in [0.717, 1.165) is 5.56 Å². The molecule has 0 spiro atoms. The molecular formula is C23H31N3O5S2. The lowest BCUT2D eigenvalue weighted by Crippen LogP contribution is -2.44. The van der Waals surface area contributed by atoms with Gasteiger partial charge in [0.2, 0.25) is 10.0 Å². The molecule has 2 amide bonds. The van der Waals surface area contributed by atoms with E-state index in [1.165, 1.54) is 21.3 Å². The first-order valence-corrected chi connectivity index (χ1v) is 13.4. The van der Waals surface area contributed by atoms with Crippen LogP contribution in [0.2, 0.25) is 0 Å². The highest BCUT2D eigenvalue weighted by Gasteiger charge is 2.29. The number of amides is 2. The third-order valence-electron chi connectivity index (χ3n) is 5.37. The van der Waals surface area contributed by atoms with Crippen molar-refractivity contribution in [3.8, 4) is 0 Å². The molecule has 1 atom stereocenters. The van der Waals surface area contributed by atoms with Gasteiger partial charge in [-0.05, 0) is 60.9 Å². The number of alkyl carbamates (subject to hydrolysis) is 1. The van der Waals surface area contributed by atoms with E-state index in [4.69, 9.17) is 4.74 Å². The maximum atomic E-state index is 13.2. The van der Waals surface area contributed by atoms with Gasteiger partial charge in [-0.3, -0.25) is 4.79 Å². The van der Waals surface area contributed by atoms with Gasteiger partial charge in [-0.1, -0.05) is 19.9 Å². The molecule has 180 valence electrons. The highest BCUT2D eigenvalue weighted by Crippen LogP contribution is 2.28. The van der Waals surface area contributed by atoms with Crippen molar-refractivity contribution in [2.75, 3.05) is 19.7 Å². The highest BCUT2D eigenvalue weighted by atomic mass is 32.2. The van der Waals surface area contributed by atoms with Gasteiger partial charge in [-0.2, -0.15) is 4.31 Å². The molecule has 1 aliphatic heterocycles. The number of hydrogen-bond acceptors (Lipinski definition) is 6. The molecule has 1 aromatic carbocycles. The number of hydrogen-bond donors (Lipinski definition) is 2. The lowest BCUT2D eigenvalue weighted by molar-refractivity contribution is 0.0944. The van der Waals surface area contributed by atoms with Crippen LogP contribution in [0.4, 0.5) is 4.79 Å². The van der Waals surface area contributed by atoms with E-state index in [-0.39, 0.29) is 29.7 Å². The number of rotatable bonds is 9. The summed E-state index contributed by atoms with van der Waals surface area (Å²) in [6, 6.07) is 7.74. The summed E-state index contributed by atoms with van der Waals surface area (Å²) >= 11 is 1.65. The number of nitrogens with one attached hydrogen (secondary N) is 2. The maximum Gasteiger partial charge on any atom is 0.407 e. The Morgan fingerprint density at radius 3 is 2.76 bits per heavy atom. The Labute approximate surface area is 199 Å². The van der Waals surface area contributed by atoms with E-state index in [0.29, 0.717) is 31.8 Å². The number of thiophene rings is 1. The monoisotopic (exact) mass is 493 g/mol. The molecule has 1 aliphatic rings. The van der Waals surface area contributed by atoms with Crippen LogP contribution < -0.4 is 10.6 Å². The summed E-state index contributed by atoms with van der Waals surface area (Å²) in [6.45, 7) is 7.00. The highest BCUT2D eigenvalue weighted by molar-refractivity contribution is 7.89. The van der Waals surface area contributed by atoms with Crippen LogP contribution in [0.1, 0.15) is 48.0 Å². The first-order chi connectivity index (χ1) is 15.7. The Balaban J connectivity index is 1.68. The van der Waals surface area contributed by atoms with Crippen molar-refractivity contribution in [2.45, 2.75) is 51.1 Å². The third kappa shape index (κ3) is 6.55. The van der Waals surface area contributed by atoms with Crippen LogP contribution in [0.5, 0.6) is 0 Å². The van der Waals surface area contributed by atoms with E-state index in [1.807, 2.05) is 25.3 Å². The normalized spacial score (nSPS) is 15.0. The van der Waals surface area contributed by atoms with Gasteiger partial charge in [0, 0.05) is 36.1 Å². The van der Waals surface area contributed by atoms with Gasteiger partial charge in [0.15, 0.2) is 0 Å². The van der Waals surface area contributed by atoms with Gasteiger partial charge < -0.3 is 15.4 Å². The molecule has 3 rings (SSSR count). The Morgan fingerprint density at radius 2 is 2.03 bits per heavy atom. The first-order valence-electron chi connectivity index (χ1n) is 11.1. The summed E-state index contributed by atoms with van der Waals surface area (Å²) in [4.78, 5) is 25.9. The van der Waals surface area contributed by atoms with Gasteiger partial charge in [0.25, 0.3) is 5.91 Å². The van der Waals surface area contributed by atoms with Gasteiger partial charge in [-0.25, -0.2) is 13.2 Å². The fourth-order valence-electron chi connectivity index (χ4n) is 3.79. The van der Waals surface area contributed by atoms with Crippen LogP contribution in [0.25, 0.3) is 0 Å². The van der Waals surface area contributed by atoms with Crippen LogP contribution in [0.15, 0.2) is 40.6 Å². The summed E-state index contributed by atoms with van der Waals surface area (Å²) in [5, 5.41) is 7.55. The minimum absolute atomic E-state index is 0.0946. The van der Waals surface area contributed by atoms with Crippen molar-refractivity contribution < 1.29 is 22.7 Å².